The average molecular weight is 433 g/mol. The molecule has 0 aliphatic rings. The van der Waals surface area contributed by atoms with Gasteiger partial charge in [0.2, 0.25) is 0 Å². The largest absolute Gasteiger partial charge is 0.465 e. The van der Waals surface area contributed by atoms with E-state index in [9.17, 15) is 9.59 Å². The quantitative estimate of drug-likeness (QED) is 0.348. The molecule has 0 saturated carbocycles. The van der Waals surface area contributed by atoms with Crippen molar-refractivity contribution in [1.82, 2.24) is 4.57 Å². The maximum Gasteiger partial charge on any atom is 0.337 e. The lowest BCUT2D eigenvalue weighted by Crippen LogP contribution is -2.14. The molecule has 0 spiro atoms. The number of aryl methyl sites for hydroxylation is 1. The molecule has 0 bridgehead atoms. The number of rotatable bonds is 10. The molecule has 0 saturated heterocycles. The van der Waals surface area contributed by atoms with E-state index in [0.717, 1.165) is 61.2 Å². The van der Waals surface area contributed by atoms with Crippen LogP contribution in [-0.2, 0) is 24.1 Å². The zero-order valence-corrected chi connectivity index (χ0v) is 19.2. The van der Waals surface area contributed by atoms with Gasteiger partial charge in [-0.2, -0.15) is 0 Å². The van der Waals surface area contributed by atoms with Gasteiger partial charge in [-0.1, -0.05) is 62.2 Å². The maximum atomic E-state index is 12.5. The summed E-state index contributed by atoms with van der Waals surface area (Å²) in [5.41, 5.74) is 12.0. The van der Waals surface area contributed by atoms with E-state index >= 15 is 0 Å². The second kappa shape index (κ2) is 10.8. The molecule has 2 N–H and O–H groups in total. The van der Waals surface area contributed by atoms with Gasteiger partial charge in [-0.15, -0.1) is 0 Å². The summed E-state index contributed by atoms with van der Waals surface area (Å²) >= 11 is 0. The van der Waals surface area contributed by atoms with Gasteiger partial charge in [0, 0.05) is 23.5 Å². The lowest BCUT2D eigenvalue weighted by atomic mass is 9.96. The Kier molecular flexibility index (Phi) is 7.87. The molecule has 0 aliphatic heterocycles. The number of primary amides is 1. The number of esters is 1. The van der Waals surface area contributed by atoms with E-state index in [1.54, 1.807) is 12.1 Å². The third-order valence-corrected chi connectivity index (χ3v) is 5.96. The molecule has 0 unspecified atom stereocenters. The molecule has 0 radical (unpaired) electrons. The molecule has 32 heavy (non-hydrogen) atoms. The molecule has 168 valence electrons. The minimum Gasteiger partial charge on any atom is -0.465 e. The fourth-order valence-corrected chi connectivity index (χ4v) is 4.29. The third kappa shape index (κ3) is 5.10. The zero-order valence-electron chi connectivity index (χ0n) is 19.2. The first-order valence-corrected chi connectivity index (χ1v) is 11.2. The van der Waals surface area contributed by atoms with Gasteiger partial charge in [-0.05, 0) is 49.4 Å². The van der Waals surface area contributed by atoms with Crippen molar-refractivity contribution < 1.29 is 14.3 Å². The van der Waals surface area contributed by atoms with Crippen molar-refractivity contribution in [3.63, 3.8) is 0 Å². The number of carbonyl (C=O) groups excluding carboxylic acids is 2. The highest BCUT2D eigenvalue weighted by atomic mass is 16.5. The number of nitrogens with two attached hydrogens (primary N) is 1. The van der Waals surface area contributed by atoms with Crippen LogP contribution >= 0.6 is 0 Å². The molecule has 1 heterocycles. The lowest BCUT2D eigenvalue weighted by Gasteiger charge is -2.14. The molecule has 5 nitrogen and oxygen atoms in total. The highest BCUT2D eigenvalue weighted by Gasteiger charge is 2.24. The zero-order chi connectivity index (χ0) is 23.1. The summed E-state index contributed by atoms with van der Waals surface area (Å²) in [4.78, 5) is 24.4. The molecular formula is C27H32N2O3. The fraction of sp³-hybridized carbons (Fsp3) is 0.333. The Hall–Kier alpha value is -3.34. The Morgan fingerprint density at radius 3 is 2.25 bits per heavy atom. The second-order valence-electron chi connectivity index (χ2n) is 8.06. The molecule has 3 aromatic rings. The van der Waals surface area contributed by atoms with Gasteiger partial charge < -0.3 is 15.0 Å². The molecule has 0 atom stereocenters. The van der Waals surface area contributed by atoms with Crippen LogP contribution in [0.4, 0.5) is 0 Å². The van der Waals surface area contributed by atoms with Crippen molar-refractivity contribution in [2.45, 2.75) is 52.5 Å². The summed E-state index contributed by atoms with van der Waals surface area (Å²) in [6.45, 7) is 4.93. The smallest absolute Gasteiger partial charge is 0.337 e. The normalized spacial score (nSPS) is 10.8. The van der Waals surface area contributed by atoms with Crippen LogP contribution in [0, 0.1) is 6.92 Å². The molecule has 5 heteroatoms. The van der Waals surface area contributed by atoms with E-state index in [0.29, 0.717) is 11.1 Å². The summed E-state index contributed by atoms with van der Waals surface area (Å²) in [5.74, 6) is -0.809. The fourth-order valence-electron chi connectivity index (χ4n) is 4.29. The van der Waals surface area contributed by atoms with E-state index in [1.165, 1.54) is 12.7 Å². The number of ether oxygens (including phenoxy) is 1. The van der Waals surface area contributed by atoms with Gasteiger partial charge in [-0.3, -0.25) is 4.79 Å². The highest BCUT2D eigenvalue weighted by molar-refractivity contribution is 6.02. The molecule has 3 rings (SSSR count). The lowest BCUT2D eigenvalue weighted by molar-refractivity contribution is 0.0600. The van der Waals surface area contributed by atoms with Crippen LogP contribution in [-0.4, -0.2) is 23.6 Å². The van der Waals surface area contributed by atoms with E-state index in [2.05, 4.69) is 23.6 Å². The number of amides is 1. The topological polar surface area (TPSA) is 74.3 Å². The average Bonchev–Trinajstić information content (AvgIpc) is 3.09. The summed E-state index contributed by atoms with van der Waals surface area (Å²) in [6.07, 6.45) is 5.02. The van der Waals surface area contributed by atoms with Gasteiger partial charge >= 0.3 is 5.97 Å². The van der Waals surface area contributed by atoms with E-state index < -0.39 is 5.91 Å². The van der Waals surface area contributed by atoms with Crippen LogP contribution in [0.2, 0.25) is 0 Å². The summed E-state index contributed by atoms with van der Waals surface area (Å²) < 4.78 is 7.07. The van der Waals surface area contributed by atoms with Crippen LogP contribution < -0.4 is 5.73 Å². The van der Waals surface area contributed by atoms with Gasteiger partial charge in [0.15, 0.2) is 0 Å². The molecule has 0 aliphatic carbocycles. The van der Waals surface area contributed by atoms with Crippen LogP contribution in [0.3, 0.4) is 0 Å². The number of carbonyl (C=O) groups is 2. The minimum absolute atomic E-state index is 0.383. The van der Waals surface area contributed by atoms with Crippen LogP contribution in [0.1, 0.15) is 63.9 Å². The number of hydrogen-bond donors (Lipinski definition) is 1. The van der Waals surface area contributed by atoms with Crippen molar-refractivity contribution >= 4 is 11.9 Å². The van der Waals surface area contributed by atoms with E-state index in [-0.39, 0.29) is 5.97 Å². The van der Waals surface area contributed by atoms with Crippen molar-refractivity contribution in [1.29, 1.82) is 0 Å². The standard InChI is InChI=1S/C27H32N2O3/c1-4-5-7-12-23-25(21-13-15-22(16-14-21)27(31)32-3)24(26(28)30)19(2)29(23)18-17-20-10-8-6-9-11-20/h6,8-11,13-16H,4-5,7,12,17-18H2,1-3H3,(H2,28,30). The van der Waals surface area contributed by atoms with Crippen molar-refractivity contribution in [2.24, 2.45) is 5.73 Å². The Morgan fingerprint density at radius 2 is 1.66 bits per heavy atom. The van der Waals surface area contributed by atoms with Gasteiger partial charge in [0.1, 0.15) is 0 Å². The number of hydrogen-bond acceptors (Lipinski definition) is 3. The molecule has 2 aromatic carbocycles. The SMILES string of the molecule is CCCCCc1c(-c2ccc(C(=O)OC)cc2)c(C(N)=O)c(C)n1CCc1ccccc1. The van der Waals surface area contributed by atoms with E-state index in [4.69, 9.17) is 10.5 Å². The highest BCUT2D eigenvalue weighted by Crippen LogP contribution is 2.34. The molecule has 1 amide bonds. The van der Waals surface area contributed by atoms with Crippen LogP contribution in [0.25, 0.3) is 11.1 Å². The Balaban J connectivity index is 2.08. The summed E-state index contributed by atoms with van der Waals surface area (Å²) in [7, 11) is 1.36. The predicted octanol–water partition coefficient (Wildman–Crippen LogP) is 5.32. The van der Waals surface area contributed by atoms with Gasteiger partial charge in [0.05, 0.1) is 18.2 Å². The monoisotopic (exact) mass is 432 g/mol. The Labute approximate surface area is 190 Å². The van der Waals surface area contributed by atoms with Crippen molar-refractivity contribution in [3.05, 3.63) is 82.7 Å². The first kappa shape index (κ1) is 23.3. The van der Waals surface area contributed by atoms with Crippen molar-refractivity contribution in [2.75, 3.05) is 7.11 Å². The molecular weight excluding hydrogens is 400 g/mol. The van der Waals surface area contributed by atoms with Gasteiger partial charge in [-0.25, -0.2) is 4.79 Å². The number of aromatic nitrogens is 1. The van der Waals surface area contributed by atoms with Crippen LogP contribution in [0.5, 0.6) is 0 Å². The number of benzene rings is 2. The second-order valence-corrected chi connectivity index (χ2v) is 8.06. The van der Waals surface area contributed by atoms with Crippen molar-refractivity contribution in [3.8, 4) is 11.1 Å². The first-order valence-electron chi connectivity index (χ1n) is 11.2. The van der Waals surface area contributed by atoms with Gasteiger partial charge in [0.25, 0.3) is 5.91 Å². The van der Waals surface area contributed by atoms with Crippen LogP contribution in [0.15, 0.2) is 54.6 Å². The summed E-state index contributed by atoms with van der Waals surface area (Å²) in [6, 6.07) is 17.6. The first-order chi connectivity index (χ1) is 15.5. The Morgan fingerprint density at radius 1 is 0.969 bits per heavy atom. The summed E-state index contributed by atoms with van der Waals surface area (Å²) in [5, 5.41) is 0. The number of methoxy groups -OCH3 is 1. The predicted molar refractivity (Wildman–Crippen MR) is 128 cm³/mol. The number of nitrogens with zero attached hydrogens (tertiary/aromatic N) is 1. The number of unbranched alkanes of at least 4 members (excludes halogenated alkanes) is 2. The maximum absolute atomic E-state index is 12.5. The third-order valence-electron chi connectivity index (χ3n) is 5.96. The Bertz CT molecular complexity index is 1070. The minimum atomic E-state index is -0.426. The molecule has 0 fully saturated rings. The molecule has 1 aromatic heterocycles. The van der Waals surface area contributed by atoms with E-state index in [1.807, 2.05) is 37.3 Å².